The first-order chi connectivity index (χ1) is 12.1. The van der Waals surface area contributed by atoms with E-state index in [1.165, 1.54) is 29.8 Å². The van der Waals surface area contributed by atoms with E-state index in [0.29, 0.717) is 17.2 Å². The van der Waals surface area contributed by atoms with Crippen LogP contribution < -0.4 is 16.2 Å². The van der Waals surface area contributed by atoms with E-state index >= 15 is 0 Å². The maximum Gasteiger partial charge on any atom is 0.269 e. The molecule has 0 atom stereocenters. The lowest BCUT2D eigenvalue weighted by Crippen LogP contribution is -2.47. The van der Waals surface area contributed by atoms with Crippen molar-refractivity contribution in [2.45, 2.75) is 12.8 Å². The quantitative estimate of drug-likeness (QED) is 0.317. The van der Waals surface area contributed by atoms with Gasteiger partial charge in [0, 0.05) is 24.2 Å². The van der Waals surface area contributed by atoms with E-state index in [1.807, 2.05) is 18.2 Å². The number of benzene rings is 2. The second kappa shape index (κ2) is 9.33. The number of hydrogen-bond donors (Lipinski definition) is 3. The molecule has 25 heavy (non-hydrogen) atoms. The molecule has 0 aliphatic heterocycles. The maximum absolute atomic E-state index is 11.9. The van der Waals surface area contributed by atoms with Crippen molar-refractivity contribution in [3.05, 3.63) is 75.8 Å². The monoisotopic (exact) mass is 358 g/mol. The Kier molecular flexibility index (Phi) is 6.85. The van der Waals surface area contributed by atoms with E-state index in [-0.39, 0.29) is 5.69 Å². The molecule has 0 bridgehead atoms. The van der Waals surface area contributed by atoms with Crippen LogP contribution in [0, 0.1) is 10.1 Å². The van der Waals surface area contributed by atoms with Crippen molar-refractivity contribution in [1.29, 1.82) is 0 Å². The number of nitrogens with one attached hydrogen (secondary N) is 3. The first-order valence-corrected chi connectivity index (χ1v) is 8.09. The predicted octanol–water partition coefficient (Wildman–Crippen LogP) is 2.34. The number of thiocarbonyl (C=S) groups is 1. The number of rotatable bonds is 6. The third kappa shape index (κ3) is 6.19. The summed E-state index contributed by atoms with van der Waals surface area (Å²) in [4.78, 5) is 22.0. The zero-order chi connectivity index (χ0) is 18.1. The largest absolute Gasteiger partial charge is 0.361 e. The highest BCUT2D eigenvalue weighted by molar-refractivity contribution is 7.80. The van der Waals surface area contributed by atoms with Crippen molar-refractivity contribution in [3.63, 3.8) is 0 Å². The van der Waals surface area contributed by atoms with Gasteiger partial charge in [-0.15, -0.1) is 0 Å². The molecule has 0 saturated carbocycles. The second-order valence-electron chi connectivity index (χ2n) is 5.23. The lowest BCUT2D eigenvalue weighted by molar-refractivity contribution is -0.384. The molecule has 130 valence electrons. The molecular weight excluding hydrogens is 340 g/mol. The van der Waals surface area contributed by atoms with Gasteiger partial charge in [-0.3, -0.25) is 25.8 Å². The number of aryl methyl sites for hydroxylation is 1. The van der Waals surface area contributed by atoms with E-state index in [4.69, 9.17) is 12.2 Å². The fourth-order valence-corrected chi connectivity index (χ4v) is 2.26. The van der Waals surface area contributed by atoms with Crippen molar-refractivity contribution >= 4 is 28.9 Å². The van der Waals surface area contributed by atoms with Crippen LogP contribution in [0.4, 0.5) is 5.69 Å². The molecule has 1 amide bonds. The number of hydrazine groups is 1. The standard InChI is InChI=1S/C17H18N4O3S/c22-16(14-8-10-15(11-9-14)21(23)24)19-20-17(25)18-12-4-7-13-5-2-1-3-6-13/h1-3,5-6,8-11H,4,7,12H2,(H,19,22)(H2,18,20,25). The molecule has 7 nitrogen and oxygen atoms in total. The van der Waals surface area contributed by atoms with Gasteiger partial charge in [-0.1, -0.05) is 30.3 Å². The van der Waals surface area contributed by atoms with Crippen molar-refractivity contribution in [1.82, 2.24) is 16.2 Å². The Bertz CT molecular complexity index is 735. The summed E-state index contributed by atoms with van der Waals surface area (Å²) in [5, 5.41) is 13.9. The molecular formula is C17H18N4O3S. The summed E-state index contributed by atoms with van der Waals surface area (Å²) in [6.45, 7) is 0.675. The number of non-ortho nitro benzene ring substituents is 1. The summed E-state index contributed by atoms with van der Waals surface area (Å²) in [6, 6.07) is 15.4. The summed E-state index contributed by atoms with van der Waals surface area (Å²) >= 11 is 5.08. The number of carbonyl (C=O) groups is 1. The fraction of sp³-hybridized carbons (Fsp3) is 0.176. The van der Waals surface area contributed by atoms with Crippen LogP contribution in [0.1, 0.15) is 22.3 Å². The van der Waals surface area contributed by atoms with E-state index in [1.54, 1.807) is 0 Å². The van der Waals surface area contributed by atoms with E-state index in [9.17, 15) is 14.9 Å². The van der Waals surface area contributed by atoms with Gasteiger partial charge in [-0.05, 0) is 42.8 Å². The molecule has 0 aliphatic rings. The van der Waals surface area contributed by atoms with Crippen LogP contribution in [-0.2, 0) is 6.42 Å². The van der Waals surface area contributed by atoms with E-state index in [2.05, 4.69) is 28.3 Å². The molecule has 0 unspecified atom stereocenters. The third-order valence-corrected chi connectivity index (χ3v) is 3.65. The molecule has 0 radical (unpaired) electrons. The van der Waals surface area contributed by atoms with Gasteiger partial charge < -0.3 is 5.32 Å². The molecule has 0 aromatic heterocycles. The molecule has 2 rings (SSSR count). The predicted molar refractivity (Wildman–Crippen MR) is 99.1 cm³/mol. The van der Waals surface area contributed by atoms with Crippen LogP contribution in [0.3, 0.4) is 0 Å². The summed E-state index contributed by atoms with van der Waals surface area (Å²) in [7, 11) is 0. The highest BCUT2D eigenvalue weighted by Crippen LogP contribution is 2.11. The zero-order valence-corrected chi connectivity index (χ0v) is 14.2. The number of amides is 1. The third-order valence-electron chi connectivity index (χ3n) is 3.40. The number of nitro benzene ring substituents is 1. The average molecular weight is 358 g/mol. The zero-order valence-electron chi connectivity index (χ0n) is 13.4. The Morgan fingerprint density at radius 2 is 1.72 bits per heavy atom. The Morgan fingerprint density at radius 3 is 2.36 bits per heavy atom. The summed E-state index contributed by atoms with van der Waals surface area (Å²) in [5.74, 6) is -0.427. The number of hydrogen-bond acceptors (Lipinski definition) is 4. The van der Waals surface area contributed by atoms with E-state index < -0.39 is 10.8 Å². The minimum absolute atomic E-state index is 0.0693. The summed E-state index contributed by atoms with van der Waals surface area (Å²) < 4.78 is 0. The molecule has 0 saturated heterocycles. The van der Waals surface area contributed by atoms with Crippen molar-refractivity contribution in [3.8, 4) is 0 Å². The van der Waals surface area contributed by atoms with Crippen LogP contribution >= 0.6 is 12.2 Å². The first kappa shape index (κ1) is 18.3. The summed E-state index contributed by atoms with van der Waals surface area (Å²) in [5.41, 5.74) is 6.53. The van der Waals surface area contributed by atoms with Crippen LogP contribution in [0.2, 0.25) is 0 Å². The van der Waals surface area contributed by atoms with Crippen LogP contribution in [0.15, 0.2) is 54.6 Å². The van der Waals surface area contributed by atoms with Crippen molar-refractivity contribution in [2.24, 2.45) is 0 Å². The van der Waals surface area contributed by atoms with E-state index in [0.717, 1.165) is 12.8 Å². The highest BCUT2D eigenvalue weighted by Gasteiger charge is 2.09. The van der Waals surface area contributed by atoms with Gasteiger partial charge in [-0.2, -0.15) is 0 Å². The van der Waals surface area contributed by atoms with Crippen LogP contribution in [-0.4, -0.2) is 22.5 Å². The summed E-state index contributed by atoms with van der Waals surface area (Å²) in [6.07, 6.45) is 1.84. The number of nitrogens with zero attached hydrogens (tertiary/aromatic N) is 1. The lowest BCUT2D eigenvalue weighted by atomic mass is 10.1. The van der Waals surface area contributed by atoms with Gasteiger partial charge in [0.15, 0.2) is 5.11 Å². The SMILES string of the molecule is O=C(NNC(=S)NCCCc1ccccc1)c1ccc([N+](=O)[O-])cc1. The second-order valence-corrected chi connectivity index (χ2v) is 5.64. The normalized spacial score (nSPS) is 9.92. The first-order valence-electron chi connectivity index (χ1n) is 7.69. The van der Waals surface area contributed by atoms with Gasteiger partial charge in [0.2, 0.25) is 0 Å². The van der Waals surface area contributed by atoms with Gasteiger partial charge >= 0.3 is 0 Å². The molecule has 0 heterocycles. The average Bonchev–Trinajstić information content (AvgIpc) is 2.64. The smallest absolute Gasteiger partial charge is 0.269 e. The molecule has 2 aromatic rings. The van der Waals surface area contributed by atoms with Crippen molar-refractivity contribution in [2.75, 3.05) is 6.54 Å². The minimum atomic E-state index is -0.519. The molecule has 0 fully saturated rings. The van der Waals surface area contributed by atoms with Gasteiger partial charge in [0.05, 0.1) is 4.92 Å². The molecule has 0 spiro atoms. The molecule has 3 N–H and O–H groups in total. The molecule has 2 aromatic carbocycles. The topological polar surface area (TPSA) is 96.3 Å². The molecule has 8 heteroatoms. The fourth-order valence-electron chi connectivity index (χ4n) is 2.10. The Labute approximate surface area is 150 Å². The Hall–Kier alpha value is -3.00. The minimum Gasteiger partial charge on any atom is -0.361 e. The van der Waals surface area contributed by atoms with Crippen LogP contribution in [0.25, 0.3) is 0 Å². The van der Waals surface area contributed by atoms with Gasteiger partial charge in [0.1, 0.15) is 0 Å². The number of carbonyl (C=O) groups excluding carboxylic acids is 1. The lowest BCUT2D eigenvalue weighted by Gasteiger charge is -2.11. The van der Waals surface area contributed by atoms with Gasteiger partial charge in [-0.25, -0.2) is 0 Å². The number of nitro groups is 1. The Morgan fingerprint density at radius 1 is 1.04 bits per heavy atom. The maximum atomic E-state index is 11.9. The highest BCUT2D eigenvalue weighted by atomic mass is 32.1. The van der Waals surface area contributed by atoms with Crippen LogP contribution in [0.5, 0.6) is 0 Å². The van der Waals surface area contributed by atoms with Crippen molar-refractivity contribution < 1.29 is 9.72 Å². The Balaban J connectivity index is 1.67. The van der Waals surface area contributed by atoms with Gasteiger partial charge in [0.25, 0.3) is 11.6 Å². The molecule has 0 aliphatic carbocycles.